The van der Waals surface area contributed by atoms with Crippen LogP contribution in [0.5, 0.6) is 0 Å². The third-order valence-electron chi connectivity index (χ3n) is 1.89. The fourth-order valence-corrected chi connectivity index (χ4v) is 1.16. The van der Waals surface area contributed by atoms with E-state index in [-0.39, 0.29) is 12.8 Å². The molecule has 0 unspecified atom stereocenters. The van der Waals surface area contributed by atoms with Crippen LogP contribution in [-0.2, 0) is 9.53 Å². The Hall–Kier alpha value is -0.710. The van der Waals surface area contributed by atoms with Gasteiger partial charge in [0.05, 0.1) is 13.7 Å². The number of ether oxygens (including phenoxy) is 1. The maximum Gasteiger partial charge on any atom is 0.322 e. The van der Waals surface area contributed by atoms with E-state index in [0.29, 0.717) is 0 Å². The van der Waals surface area contributed by atoms with Gasteiger partial charge in [-0.15, -0.1) is 0 Å². The van der Waals surface area contributed by atoms with Crippen molar-refractivity contribution in [1.82, 2.24) is 5.32 Å². The molecule has 1 rings (SSSR count). The number of esters is 1. The van der Waals surface area contributed by atoms with Gasteiger partial charge < -0.3 is 4.74 Å². The van der Waals surface area contributed by atoms with Crippen molar-refractivity contribution in [2.75, 3.05) is 13.7 Å². The number of alkyl halides is 2. The highest BCUT2D eigenvalue weighted by Crippen LogP contribution is 2.24. The molecule has 70 valence electrons. The van der Waals surface area contributed by atoms with Crippen molar-refractivity contribution in [3.63, 3.8) is 0 Å². The Kier molecular flexibility index (Phi) is 2.62. The topological polar surface area (TPSA) is 38.3 Å². The van der Waals surface area contributed by atoms with E-state index in [0.717, 1.165) is 0 Å². The summed E-state index contributed by atoms with van der Waals surface area (Å²) < 4.78 is 29.5. The highest BCUT2D eigenvalue weighted by molar-refractivity contribution is 5.75. The molecule has 5 heteroatoms. The highest BCUT2D eigenvalue weighted by Gasteiger charge is 2.37. The molecule has 3 nitrogen and oxygen atoms in total. The standard InChI is InChI=1S/C7H11F2NO2/c1-12-6(11)5-2-3-7(8,9)4-10-5/h5,10H,2-4H2,1H3/t5-/m0/s1. The van der Waals surface area contributed by atoms with Gasteiger partial charge in [-0.3, -0.25) is 10.1 Å². The van der Waals surface area contributed by atoms with Gasteiger partial charge >= 0.3 is 5.97 Å². The molecular weight excluding hydrogens is 168 g/mol. The minimum Gasteiger partial charge on any atom is -0.468 e. The lowest BCUT2D eigenvalue weighted by molar-refractivity contribution is -0.145. The fourth-order valence-electron chi connectivity index (χ4n) is 1.16. The third kappa shape index (κ3) is 2.14. The lowest BCUT2D eigenvalue weighted by Crippen LogP contribution is -2.49. The first-order valence-corrected chi connectivity index (χ1v) is 3.74. The molecule has 0 amide bonds. The Morgan fingerprint density at radius 3 is 2.75 bits per heavy atom. The lowest BCUT2D eigenvalue weighted by Gasteiger charge is -2.27. The van der Waals surface area contributed by atoms with E-state index in [1.54, 1.807) is 0 Å². The second kappa shape index (κ2) is 3.35. The van der Waals surface area contributed by atoms with Crippen LogP contribution in [0.3, 0.4) is 0 Å². The molecule has 1 aliphatic heterocycles. The van der Waals surface area contributed by atoms with E-state index in [2.05, 4.69) is 10.1 Å². The van der Waals surface area contributed by atoms with E-state index < -0.39 is 24.5 Å². The summed E-state index contributed by atoms with van der Waals surface area (Å²) >= 11 is 0. The van der Waals surface area contributed by atoms with Crippen molar-refractivity contribution >= 4 is 5.97 Å². The minimum atomic E-state index is -2.68. The zero-order valence-electron chi connectivity index (χ0n) is 6.77. The van der Waals surface area contributed by atoms with Gasteiger partial charge in [0.1, 0.15) is 6.04 Å². The first-order valence-electron chi connectivity index (χ1n) is 3.74. The average Bonchev–Trinajstić information content (AvgIpc) is 2.03. The van der Waals surface area contributed by atoms with Crippen LogP contribution in [-0.4, -0.2) is 31.6 Å². The van der Waals surface area contributed by atoms with Crippen LogP contribution < -0.4 is 5.32 Å². The molecule has 12 heavy (non-hydrogen) atoms. The summed E-state index contributed by atoms with van der Waals surface area (Å²) in [5.41, 5.74) is 0. The molecule has 1 N–H and O–H groups in total. The molecule has 0 aromatic heterocycles. The van der Waals surface area contributed by atoms with Crippen molar-refractivity contribution in [1.29, 1.82) is 0 Å². The zero-order valence-corrected chi connectivity index (χ0v) is 6.77. The van der Waals surface area contributed by atoms with Crippen LogP contribution in [0, 0.1) is 0 Å². The van der Waals surface area contributed by atoms with Gasteiger partial charge in [-0.1, -0.05) is 0 Å². The molecule has 0 aliphatic carbocycles. The number of carbonyl (C=O) groups excluding carboxylic acids is 1. The first-order chi connectivity index (χ1) is 5.55. The molecule has 1 atom stereocenters. The van der Waals surface area contributed by atoms with Crippen molar-refractivity contribution in [3.8, 4) is 0 Å². The molecule has 1 aliphatic rings. The summed E-state index contributed by atoms with van der Waals surface area (Å²) in [7, 11) is 1.25. The summed E-state index contributed by atoms with van der Waals surface area (Å²) in [4.78, 5) is 10.8. The number of methoxy groups -OCH3 is 1. The van der Waals surface area contributed by atoms with Crippen molar-refractivity contribution < 1.29 is 18.3 Å². The van der Waals surface area contributed by atoms with Crippen LogP contribution in [0.2, 0.25) is 0 Å². The van der Waals surface area contributed by atoms with Gasteiger partial charge in [0.15, 0.2) is 0 Å². The van der Waals surface area contributed by atoms with E-state index in [4.69, 9.17) is 0 Å². The molecule has 1 saturated heterocycles. The molecule has 0 aromatic rings. The quantitative estimate of drug-likeness (QED) is 0.597. The van der Waals surface area contributed by atoms with Gasteiger partial charge in [0, 0.05) is 6.42 Å². The van der Waals surface area contributed by atoms with Gasteiger partial charge in [0.25, 0.3) is 5.92 Å². The normalized spacial score (nSPS) is 28.1. The monoisotopic (exact) mass is 179 g/mol. The van der Waals surface area contributed by atoms with E-state index in [1.807, 2.05) is 0 Å². The molecule has 0 radical (unpaired) electrons. The predicted molar refractivity (Wildman–Crippen MR) is 38.0 cm³/mol. The molecular formula is C7H11F2NO2. The number of halogens is 2. The Bertz CT molecular complexity index is 174. The summed E-state index contributed by atoms with van der Waals surface area (Å²) in [5, 5.41) is 2.44. The smallest absolute Gasteiger partial charge is 0.322 e. The average molecular weight is 179 g/mol. The summed E-state index contributed by atoms with van der Waals surface area (Å²) in [6, 6.07) is -0.561. The minimum absolute atomic E-state index is 0.139. The second-order valence-electron chi connectivity index (χ2n) is 2.85. The zero-order chi connectivity index (χ0) is 9.19. The maximum atomic E-state index is 12.5. The fraction of sp³-hybridized carbons (Fsp3) is 0.857. The third-order valence-corrected chi connectivity index (χ3v) is 1.89. The first kappa shape index (κ1) is 9.38. The molecule has 0 spiro atoms. The highest BCUT2D eigenvalue weighted by atomic mass is 19.3. The molecule has 0 bridgehead atoms. The maximum absolute atomic E-state index is 12.5. The van der Waals surface area contributed by atoms with Crippen LogP contribution >= 0.6 is 0 Å². The summed E-state index contributed by atoms with van der Waals surface area (Å²) in [6.07, 6.45) is -0.112. The van der Waals surface area contributed by atoms with Gasteiger partial charge in [-0.2, -0.15) is 0 Å². The lowest BCUT2D eigenvalue weighted by atomic mass is 10.0. The SMILES string of the molecule is COC(=O)[C@@H]1CCC(F)(F)CN1. The predicted octanol–water partition coefficient (Wildman–Crippen LogP) is 0.547. The van der Waals surface area contributed by atoms with Crippen molar-refractivity contribution in [2.24, 2.45) is 0 Å². The van der Waals surface area contributed by atoms with Crippen LogP contribution in [0.4, 0.5) is 8.78 Å². The Balaban J connectivity index is 2.41. The second-order valence-corrected chi connectivity index (χ2v) is 2.85. The summed E-state index contributed by atoms with van der Waals surface area (Å²) in [6.45, 7) is -0.438. The van der Waals surface area contributed by atoms with Gasteiger partial charge in [-0.05, 0) is 6.42 Å². The van der Waals surface area contributed by atoms with Crippen molar-refractivity contribution in [3.05, 3.63) is 0 Å². The van der Waals surface area contributed by atoms with Crippen molar-refractivity contribution in [2.45, 2.75) is 24.8 Å². The Morgan fingerprint density at radius 1 is 1.67 bits per heavy atom. The Morgan fingerprint density at radius 2 is 2.33 bits per heavy atom. The number of rotatable bonds is 1. The molecule has 1 fully saturated rings. The van der Waals surface area contributed by atoms with Gasteiger partial charge in [-0.25, -0.2) is 8.78 Å². The van der Waals surface area contributed by atoms with Crippen LogP contribution in [0.1, 0.15) is 12.8 Å². The molecule has 0 aromatic carbocycles. The number of hydrogen-bond acceptors (Lipinski definition) is 3. The van der Waals surface area contributed by atoms with E-state index in [1.165, 1.54) is 7.11 Å². The van der Waals surface area contributed by atoms with Gasteiger partial charge in [0.2, 0.25) is 0 Å². The largest absolute Gasteiger partial charge is 0.468 e. The van der Waals surface area contributed by atoms with E-state index in [9.17, 15) is 13.6 Å². The van der Waals surface area contributed by atoms with E-state index >= 15 is 0 Å². The number of hydrogen-bond donors (Lipinski definition) is 1. The molecule has 0 saturated carbocycles. The van der Waals surface area contributed by atoms with Crippen LogP contribution in [0.15, 0.2) is 0 Å². The number of nitrogens with one attached hydrogen (secondary N) is 1. The van der Waals surface area contributed by atoms with Crippen LogP contribution in [0.25, 0.3) is 0 Å². The molecule has 1 heterocycles. The summed E-state index contributed by atoms with van der Waals surface area (Å²) in [5.74, 6) is -3.14. The number of piperidine rings is 1. The number of carbonyl (C=O) groups is 1. The Labute approximate surface area is 69.1 Å².